The molecule has 0 aromatic heterocycles. The molecule has 1 aliphatic rings. The van der Waals surface area contributed by atoms with Crippen LogP contribution < -0.4 is 5.14 Å². The minimum absolute atomic E-state index is 0.381. The summed E-state index contributed by atoms with van der Waals surface area (Å²) in [7, 11) is -3.76. The van der Waals surface area contributed by atoms with E-state index in [-0.39, 0.29) is 5.78 Å². The monoisotopic (exact) mass is 308 g/mol. The van der Waals surface area contributed by atoms with Crippen molar-refractivity contribution in [3.8, 4) is 0 Å². The average molecular weight is 308 g/mol. The Morgan fingerprint density at radius 1 is 1.24 bits per heavy atom. The third-order valence-electron chi connectivity index (χ3n) is 3.61. The molecule has 1 aliphatic heterocycles. The zero-order chi connectivity index (χ0) is 15.5. The maximum absolute atomic E-state index is 11.8. The zero-order valence-corrected chi connectivity index (χ0v) is 12.8. The van der Waals surface area contributed by atoms with Crippen LogP contribution in [0.25, 0.3) is 0 Å². The zero-order valence-electron chi connectivity index (χ0n) is 12.0. The van der Waals surface area contributed by atoms with Gasteiger partial charge in [0.05, 0.1) is 0 Å². The fraction of sp³-hybridized carbons (Fsp3) is 0.400. The third kappa shape index (κ3) is 4.77. The van der Waals surface area contributed by atoms with Crippen molar-refractivity contribution in [1.29, 1.82) is 0 Å². The van der Waals surface area contributed by atoms with Crippen LogP contribution >= 0.6 is 0 Å². The van der Waals surface area contributed by atoms with Crippen LogP contribution in [0.4, 0.5) is 0 Å². The molecule has 6 heteroatoms. The van der Waals surface area contributed by atoms with Gasteiger partial charge in [-0.25, -0.2) is 13.6 Å². The van der Waals surface area contributed by atoms with Gasteiger partial charge in [0.25, 0.3) is 0 Å². The van der Waals surface area contributed by atoms with Gasteiger partial charge in [0.15, 0.2) is 5.78 Å². The van der Waals surface area contributed by atoms with Gasteiger partial charge >= 0.3 is 0 Å². The minimum atomic E-state index is -3.76. The molecule has 2 N–H and O–H groups in total. The lowest BCUT2D eigenvalue weighted by Crippen LogP contribution is -2.26. The number of primary sulfonamides is 1. The Morgan fingerprint density at radius 2 is 1.81 bits per heavy atom. The molecule has 114 valence electrons. The van der Waals surface area contributed by atoms with Gasteiger partial charge in [-0.05, 0) is 11.1 Å². The number of ketones is 1. The van der Waals surface area contributed by atoms with Crippen molar-refractivity contribution in [3.63, 3.8) is 0 Å². The highest BCUT2D eigenvalue weighted by molar-refractivity contribution is 7.89. The number of Topliss-reactive ketones (excluding diaryl/α,β-unsaturated/α-hetero) is 1. The van der Waals surface area contributed by atoms with E-state index < -0.39 is 21.7 Å². The normalized spacial score (nSPS) is 17.0. The summed E-state index contributed by atoms with van der Waals surface area (Å²) in [6, 6.07) is 7.72. The Morgan fingerprint density at radius 3 is 2.33 bits per heavy atom. The molecule has 21 heavy (non-hydrogen) atoms. The molecule has 1 atom stereocenters. The highest BCUT2D eigenvalue weighted by Gasteiger charge is 2.20. The molecule has 0 saturated carbocycles. The van der Waals surface area contributed by atoms with Crippen LogP contribution in [0.1, 0.15) is 24.0 Å². The standard InChI is InChI=1S/C15H20N2O3S/c1-12(15(18)11-21(16,19)20)14-6-4-13(5-7-14)10-17-8-2-3-9-17/h2-7,12H,8-11H2,1H3,(H2,16,19,20). The van der Waals surface area contributed by atoms with Crippen molar-refractivity contribution in [2.75, 3.05) is 18.8 Å². The summed E-state index contributed by atoms with van der Waals surface area (Å²) in [6.07, 6.45) is 4.28. The summed E-state index contributed by atoms with van der Waals surface area (Å²) >= 11 is 0. The van der Waals surface area contributed by atoms with Crippen molar-refractivity contribution >= 4 is 15.8 Å². The van der Waals surface area contributed by atoms with E-state index >= 15 is 0 Å². The molecule has 0 aliphatic carbocycles. The van der Waals surface area contributed by atoms with Gasteiger partial charge < -0.3 is 0 Å². The van der Waals surface area contributed by atoms with Gasteiger partial charge in [0.1, 0.15) is 5.75 Å². The number of carbonyl (C=O) groups is 1. The third-order valence-corrected chi connectivity index (χ3v) is 4.29. The van der Waals surface area contributed by atoms with Crippen molar-refractivity contribution in [3.05, 3.63) is 47.5 Å². The second kappa shape index (κ2) is 6.51. The lowest BCUT2D eigenvalue weighted by molar-refractivity contribution is -0.117. The first-order valence-electron chi connectivity index (χ1n) is 6.84. The summed E-state index contributed by atoms with van der Waals surface area (Å²) in [5.41, 5.74) is 1.99. The van der Waals surface area contributed by atoms with E-state index in [0.717, 1.165) is 25.2 Å². The number of benzene rings is 1. The van der Waals surface area contributed by atoms with Crippen molar-refractivity contribution in [2.24, 2.45) is 5.14 Å². The van der Waals surface area contributed by atoms with Crippen molar-refractivity contribution < 1.29 is 13.2 Å². The van der Waals surface area contributed by atoms with Crippen LogP contribution in [-0.2, 0) is 21.4 Å². The topological polar surface area (TPSA) is 80.5 Å². The summed E-state index contributed by atoms with van der Waals surface area (Å²) < 4.78 is 21.9. The second-order valence-corrected chi connectivity index (χ2v) is 7.02. The number of rotatable bonds is 6. The number of sulfonamides is 1. The first-order chi connectivity index (χ1) is 9.85. The fourth-order valence-corrected chi connectivity index (χ4v) is 2.98. The van der Waals surface area contributed by atoms with E-state index in [2.05, 4.69) is 17.1 Å². The fourth-order valence-electron chi connectivity index (χ4n) is 2.33. The van der Waals surface area contributed by atoms with Crippen molar-refractivity contribution in [2.45, 2.75) is 19.4 Å². The van der Waals surface area contributed by atoms with E-state index in [1.54, 1.807) is 6.92 Å². The summed E-state index contributed by atoms with van der Waals surface area (Å²) in [4.78, 5) is 14.1. The van der Waals surface area contributed by atoms with E-state index in [1.807, 2.05) is 24.3 Å². The van der Waals surface area contributed by atoms with Crippen LogP contribution in [-0.4, -0.2) is 37.9 Å². The highest BCUT2D eigenvalue weighted by Crippen LogP contribution is 2.18. The molecule has 1 heterocycles. The van der Waals surface area contributed by atoms with Crippen LogP contribution in [0.2, 0.25) is 0 Å². The molecule has 0 spiro atoms. The Labute approximate surface area is 125 Å². The number of carbonyl (C=O) groups excluding carboxylic acids is 1. The molecule has 2 rings (SSSR count). The second-order valence-electron chi connectivity index (χ2n) is 5.40. The average Bonchev–Trinajstić information content (AvgIpc) is 2.90. The van der Waals surface area contributed by atoms with Gasteiger partial charge in [-0.1, -0.05) is 43.3 Å². The molecule has 0 radical (unpaired) electrons. The van der Waals surface area contributed by atoms with Gasteiger partial charge in [-0.2, -0.15) is 0 Å². The number of nitrogens with zero attached hydrogens (tertiary/aromatic N) is 1. The summed E-state index contributed by atoms with van der Waals surface area (Å²) in [5.74, 6) is -1.46. The van der Waals surface area contributed by atoms with Crippen LogP contribution in [0.15, 0.2) is 36.4 Å². The highest BCUT2D eigenvalue weighted by atomic mass is 32.2. The Kier molecular flexibility index (Phi) is 4.92. The van der Waals surface area contributed by atoms with Gasteiger partial charge in [-0.15, -0.1) is 0 Å². The van der Waals surface area contributed by atoms with Gasteiger partial charge in [-0.3, -0.25) is 9.69 Å². The maximum Gasteiger partial charge on any atom is 0.216 e. The van der Waals surface area contributed by atoms with Crippen LogP contribution in [0, 0.1) is 0 Å². The lowest BCUT2D eigenvalue weighted by atomic mass is 9.96. The first-order valence-corrected chi connectivity index (χ1v) is 8.56. The van der Waals surface area contributed by atoms with E-state index in [0.29, 0.717) is 0 Å². The first kappa shape index (κ1) is 15.9. The molecular formula is C15H20N2O3S. The lowest BCUT2D eigenvalue weighted by Gasteiger charge is -2.16. The summed E-state index contributed by atoms with van der Waals surface area (Å²) in [6.45, 7) is 4.50. The number of nitrogens with two attached hydrogens (primary N) is 1. The van der Waals surface area contributed by atoms with Crippen LogP contribution in [0.3, 0.4) is 0 Å². The SMILES string of the molecule is CC(C(=O)CS(N)(=O)=O)c1ccc(CN2CC=CC2)cc1. The van der Waals surface area contributed by atoms with E-state index in [4.69, 9.17) is 5.14 Å². The van der Waals surface area contributed by atoms with E-state index in [9.17, 15) is 13.2 Å². The molecule has 0 fully saturated rings. The van der Waals surface area contributed by atoms with Crippen LogP contribution in [0.5, 0.6) is 0 Å². The predicted molar refractivity (Wildman–Crippen MR) is 82.3 cm³/mol. The maximum atomic E-state index is 11.8. The molecule has 1 unspecified atom stereocenters. The largest absolute Gasteiger partial charge is 0.298 e. The molecule has 0 amide bonds. The van der Waals surface area contributed by atoms with Crippen molar-refractivity contribution in [1.82, 2.24) is 4.90 Å². The Bertz CT molecular complexity index is 627. The van der Waals surface area contributed by atoms with Gasteiger partial charge in [0, 0.05) is 25.6 Å². The quantitative estimate of drug-likeness (QED) is 0.796. The Hall–Kier alpha value is -1.50. The number of hydrogen-bond donors (Lipinski definition) is 1. The molecule has 1 aromatic rings. The van der Waals surface area contributed by atoms with E-state index in [1.165, 1.54) is 5.56 Å². The molecule has 5 nitrogen and oxygen atoms in total. The molecular weight excluding hydrogens is 288 g/mol. The molecule has 0 bridgehead atoms. The molecule has 1 aromatic carbocycles. The molecule has 0 saturated heterocycles. The Balaban J connectivity index is 1.99. The smallest absolute Gasteiger partial charge is 0.216 e. The number of hydrogen-bond acceptors (Lipinski definition) is 4. The predicted octanol–water partition coefficient (Wildman–Crippen LogP) is 1.02. The van der Waals surface area contributed by atoms with Gasteiger partial charge in [0.2, 0.25) is 10.0 Å². The summed E-state index contributed by atoms with van der Waals surface area (Å²) in [5, 5.41) is 4.91. The minimum Gasteiger partial charge on any atom is -0.298 e.